The fourth-order valence-corrected chi connectivity index (χ4v) is 1.46. The van der Waals surface area contributed by atoms with Gasteiger partial charge in [0.1, 0.15) is 0 Å². The van der Waals surface area contributed by atoms with Crippen LogP contribution in [-0.4, -0.2) is 10.2 Å². The van der Waals surface area contributed by atoms with Crippen LogP contribution in [0.15, 0.2) is 22.6 Å². The minimum Gasteiger partial charge on any atom is -0.408 e. The third kappa shape index (κ3) is 2.39. The maximum atomic E-state index is 5.23. The van der Waals surface area contributed by atoms with Crippen molar-refractivity contribution in [3.05, 3.63) is 40.8 Å². The molecule has 1 N–H and O–H groups in total. The Morgan fingerprint density at radius 3 is 2.56 bits per heavy atom. The van der Waals surface area contributed by atoms with Crippen molar-refractivity contribution in [2.45, 2.75) is 27.3 Å². The second kappa shape index (κ2) is 4.35. The van der Waals surface area contributed by atoms with Crippen molar-refractivity contribution in [2.24, 2.45) is 0 Å². The first-order chi connectivity index (χ1) is 7.65. The zero-order valence-electron chi connectivity index (χ0n) is 9.74. The molecule has 0 aliphatic carbocycles. The number of aromatic nitrogens is 2. The Morgan fingerprint density at radius 1 is 1.12 bits per heavy atom. The summed E-state index contributed by atoms with van der Waals surface area (Å²) in [7, 11) is 0. The minimum atomic E-state index is 0.468. The van der Waals surface area contributed by atoms with Gasteiger partial charge in [0, 0.05) is 13.5 Å². The normalized spacial score (nSPS) is 10.4. The van der Waals surface area contributed by atoms with Crippen LogP contribution in [0.5, 0.6) is 0 Å². The molecule has 0 saturated carbocycles. The standard InChI is InChI=1S/C12H15N3O/c1-8-4-5-11(6-9(8)2)7-13-12-15-14-10(3)16-12/h4-6H,7H2,1-3H3,(H,13,15). The second-order valence-electron chi connectivity index (χ2n) is 3.90. The van der Waals surface area contributed by atoms with Crippen LogP contribution in [0.4, 0.5) is 6.01 Å². The lowest BCUT2D eigenvalue weighted by Gasteiger charge is -2.05. The van der Waals surface area contributed by atoms with Crippen LogP contribution in [-0.2, 0) is 6.54 Å². The van der Waals surface area contributed by atoms with Gasteiger partial charge in [-0.1, -0.05) is 23.3 Å². The molecular formula is C12H15N3O. The number of nitrogens with zero attached hydrogens (tertiary/aromatic N) is 2. The lowest BCUT2D eigenvalue weighted by Crippen LogP contribution is -2.00. The molecule has 0 radical (unpaired) electrons. The highest BCUT2D eigenvalue weighted by Crippen LogP contribution is 2.11. The Morgan fingerprint density at radius 2 is 1.94 bits per heavy atom. The Kier molecular flexibility index (Phi) is 2.90. The fraction of sp³-hybridized carbons (Fsp3) is 0.333. The molecule has 0 bridgehead atoms. The first kappa shape index (κ1) is 10.7. The second-order valence-corrected chi connectivity index (χ2v) is 3.90. The maximum Gasteiger partial charge on any atom is 0.315 e. The van der Waals surface area contributed by atoms with Crippen molar-refractivity contribution < 1.29 is 4.42 Å². The highest BCUT2D eigenvalue weighted by Gasteiger charge is 2.01. The van der Waals surface area contributed by atoms with E-state index >= 15 is 0 Å². The third-order valence-corrected chi connectivity index (χ3v) is 2.54. The van der Waals surface area contributed by atoms with E-state index in [1.807, 2.05) is 0 Å². The molecule has 0 saturated heterocycles. The van der Waals surface area contributed by atoms with Crippen molar-refractivity contribution in [3.63, 3.8) is 0 Å². The predicted octanol–water partition coefficient (Wildman–Crippen LogP) is 2.61. The summed E-state index contributed by atoms with van der Waals surface area (Å²) in [5, 5.41) is 10.7. The number of nitrogens with one attached hydrogen (secondary N) is 1. The lowest BCUT2D eigenvalue weighted by molar-refractivity contribution is 0.530. The minimum absolute atomic E-state index is 0.468. The largest absolute Gasteiger partial charge is 0.408 e. The number of anilines is 1. The molecule has 4 nitrogen and oxygen atoms in total. The Hall–Kier alpha value is -1.84. The van der Waals surface area contributed by atoms with Gasteiger partial charge in [-0.15, -0.1) is 5.10 Å². The van der Waals surface area contributed by atoms with Gasteiger partial charge in [0.2, 0.25) is 5.89 Å². The molecule has 0 amide bonds. The SMILES string of the molecule is Cc1nnc(NCc2ccc(C)c(C)c2)o1. The molecule has 16 heavy (non-hydrogen) atoms. The molecule has 2 aromatic rings. The van der Waals surface area contributed by atoms with Gasteiger partial charge in [0.15, 0.2) is 0 Å². The summed E-state index contributed by atoms with van der Waals surface area (Å²) in [6, 6.07) is 6.84. The summed E-state index contributed by atoms with van der Waals surface area (Å²) in [4.78, 5) is 0. The van der Waals surface area contributed by atoms with Gasteiger partial charge in [0.25, 0.3) is 0 Å². The summed E-state index contributed by atoms with van der Waals surface area (Å²) >= 11 is 0. The topological polar surface area (TPSA) is 51.0 Å². The highest BCUT2D eigenvalue weighted by molar-refractivity contribution is 5.32. The van der Waals surface area contributed by atoms with Crippen molar-refractivity contribution >= 4 is 6.01 Å². The molecule has 0 fully saturated rings. The van der Waals surface area contributed by atoms with Crippen molar-refractivity contribution in [2.75, 3.05) is 5.32 Å². The first-order valence-electron chi connectivity index (χ1n) is 5.25. The molecule has 1 heterocycles. The number of hydrogen-bond donors (Lipinski definition) is 1. The number of benzene rings is 1. The quantitative estimate of drug-likeness (QED) is 0.858. The van der Waals surface area contributed by atoms with Gasteiger partial charge in [-0.25, -0.2) is 0 Å². The van der Waals surface area contributed by atoms with Gasteiger partial charge in [-0.3, -0.25) is 0 Å². The molecule has 0 aliphatic heterocycles. The van der Waals surface area contributed by atoms with Gasteiger partial charge in [-0.2, -0.15) is 0 Å². The van der Waals surface area contributed by atoms with E-state index in [2.05, 4.69) is 47.6 Å². The molecule has 0 aliphatic rings. The van der Waals surface area contributed by atoms with E-state index in [1.165, 1.54) is 16.7 Å². The van der Waals surface area contributed by atoms with Gasteiger partial charge in [0.05, 0.1) is 0 Å². The molecule has 0 atom stereocenters. The van der Waals surface area contributed by atoms with Crippen LogP contribution in [0.25, 0.3) is 0 Å². The molecule has 4 heteroatoms. The van der Waals surface area contributed by atoms with E-state index in [0.29, 0.717) is 18.5 Å². The molecule has 1 aromatic heterocycles. The Balaban J connectivity index is 2.02. The van der Waals surface area contributed by atoms with Gasteiger partial charge < -0.3 is 9.73 Å². The average Bonchev–Trinajstić information content (AvgIpc) is 2.66. The summed E-state index contributed by atoms with van der Waals surface area (Å²) in [6.07, 6.45) is 0. The summed E-state index contributed by atoms with van der Waals surface area (Å²) in [5.74, 6) is 0.572. The van der Waals surface area contributed by atoms with Crippen LogP contribution in [0.3, 0.4) is 0 Å². The van der Waals surface area contributed by atoms with Crippen molar-refractivity contribution in [3.8, 4) is 0 Å². The summed E-state index contributed by atoms with van der Waals surface area (Å²) < 4.78 is 5.23. The Bertz CT molecular complexity index is 491. The Labute approximate surface area is 94.7 Å². The molecule has 1 aromatic carbocycles. The first-order valence-corrected chi connectivity index (χ1v) is 5.25. The molecule has 0 spiro atoms. The molecule has 2 rings (SSSR count). The third-order valence-electron chi connectivity index (χ3n) is 2.54. The van der Waals surface area contributed by atoms with Crippen molar-refractivity contribution in [1.29, 1.82) is 0 Å². The van der Waals surface area contributed by atoms with Gasteiger partial charge >= 0.3 is 6.01 Å². The van der Waals surface area contributed by atoms with Crippen LogP contribution < -0.4 is 5.32 Å². The molecule has 84 valence electrons. The van der Waals surface area contributed by atoms with E-state index in [1.54, 1.807) is 6.92 Å². The predicted molar refractivity (Wildman–Crippen MR) is 62.3 cm³/mol. The van der Waals surface area contributed by atoms with E-state index in [0.717, 1.165) is 0 Å². The number of aryl methyl sites for hydroxylation is 3. The molecular weight excluding hydrogens is 202 g/mol. The summed E-state index contributed by atoms with van der Waals surface area (Å²) in [5.41, 5.74) is 3.80. The fourth-order valence-electron chi connectivity index (χ4n) is 1.46. The molecule has 0 unspecified atom stereocenters. The van der Waals surface area contributed by atoms with Crippen LogP contribution in [0.1, 0.15) is 22.6 Å². The average molecular weight is 217 g/mol. The van der Waals surface area contributed by atoms with Crippen LogP contribution in [0, 0.1) is 20.8 Å². The highest BCUT2D eigenvalue weighted by atomic mass is 16.4. The smallest absolute Gasteiger partial charge is 0.315 e. The lowest BCUT2D eigenvalue weighted by atomic mass is 10.1. The van der Waals surface area contributed by atoms with E-state index in [4.69, 9.17) is 4.42 Å². The van der Waals surface area contributed by atoms with Crippen LogP contribution >= 0.6 is 0 Å². The maximum absolute atomic E-state index is 5.23. The number of hydrogen-bond acceptors (Lipinski definition) is 4. The number of rotatable bonds is 3. The summed E-state index contributed by atoms with van der Waals surface area (Å²) in [6.45, 7) is 6.68. The van der Waals surface area contributed by atoms with Gasteiger partial charge in [-0.05, 0) is 30.5 Å². The van der Waals surface area contributed by atoms with Crippen molar-refractivity contribution in [1.82, 2.24) is 10.2 Å². The van der Waals surface area contributed by atoms with E-state index in [-0.39, 0.29) is 0 Å². The zero-order valence-corrected chi connectivity index (χ0v) is 9.74. The monoisotopic (exact) mass is 217 g/mol. The zero-order chi connectivity index (χ0) is 11.5. The van der Waals surface area contributed by atoms with E-state index in [9.17, 15) is 0 Å². The van der Waals surface area contributed by atoms with E-state index < -0.39 is 0 Å². The van der Waals surface area contributed by atoms with Crippen LogP contribution in [0.2, 0.25) is 0 Å².